The summed E-state index contributed by atoms with van der Waals surface area (Å²) in [7, 11) is 0. The van der Waals surface area contributed by atoms with Crippen LogP contribution in [0.5, 0.6) is 0 Å². The van der Waals surface area contributed by atoms with E-state index in [0.717, 1.165) is 70.5 Å². The number of hydrogen-bond acceptors (Lipinski definition) is 5. The highest BCUT2D eigenvalue weighted by Crippen LogP contribution is 2.35. The van der Waals surface area contributed by atoms with E-state index in [2.05, 4.69) is 15.1 Å². The van der Waals surface area contributed by atoms with Gasteiger partial charge < -0.3 is 10.2 Å². The molecule has 166 valence electrons. The minimum atomic E-state index is -0.622. The maximum Gasteiger partial charge on any atom is 0.325 e. The van der Waals surface area contributed by atoms with Gasteiger partial charge in [-0.05, 0) is 31.4 Å². The molecule has 1 unspecified atom stereocenters. The monoisotopic (exact) mass is 425 g/mol. The van der Waals surface area contributed by atoms with Crippen molar-refractivity contribution in [3.63, 3.8) is 0 Å². The van der Waals surface area contributed by atoms with Crippen molar-refractivity contribution in [2.24, 2.45) is 0 Å². The van der Waals surface area contributed by atoms with Crippen LogP contribution in [-0.4, -0.2) is 89.9 Å². The summed E-state index contributed by atoms with van der Waals surface area (Å²) in [4.78, 5) is 46.0. The molecule has 8 heteroatoms. The zero-order valence-corrected chi connectivity index (χ0v) is 18.0. The standard InChI is InChI=1S/C23H31N5O3/c29-20-19(8-11-27(20)18-6-2-1-3-7-18)26-15-12-25(13-16-26)14-17-28-21(30)23(24-22(28)31)9-4-5-10-23/h1-3,6-7,19H,4-5,8-17H2,(H,24,31). The number of nitrogens with zero attached hydrogens (tertiary/aromatic N) is 4. The molecule has 3 saturated heterocycles. The Morgan fingerprint density at radius 2 is 1.61 bits per heavy atom. The number of benzene rings is 1. The van der Waals surface area contributed by atoms with E-state index < -0.39 is 5.54 Å². The minimum Gasteiger partial charge on any atom is -0.323 e. The molecule has 1 aromatic rings. The topological polar surface area (TPSA) is 76.2 Å². The molecular weight excluding hydrogens is 394 g/mol. The van der Waals surface area contributed by atoms with Crippen LogP contribution < -0.4 is 10.2 Å². The SMILES string of the molecule is O=C1NC2(CCCC2)C(=O)N1CCN1CCN(C2CCN(c3ccccc3)C2=O)CC1. The van der Waals surface area contributed by atoms with E-state index in [-0.39, 0.29) is 23.9 Å². The summed E-state index contributed by atoms with van der Waals surface area (Å²) in [5.74, 6) is 0.159. The molecule has 4 aliphatic rings. The van der Waals surface area contributed by atoms with Gasteiger partial charge in [0.15, 0.2) is 0 Å². The highest BCUT2D eigenvalue weighted by atomic mass is 16.2. The fraction of sp³-hybridized carbons (Fsp3) is 0.609. The highest BCUT2D eigenvalue weighted by Gasteiger charge is 2.52. The average molecular weight is 426 g/mol. The van der Waals surface area contributed by atoms with Crippen LogP contribution >= 0.6 is 0 Å². The van der Waals surface area contributed by atoms with Crippen molar-refractivity contribution in [3.05, 3.63) is 30.3 Å². The van der Waals surface area contributed by atoms with Crippen molar-refractivity contribution in [2.75, 3.05) is 50.7 Å². The van der Waals surface area contributed by atoms with Gasteiger partial charge in [-0.25, -0.2) is 4.79 Å². The lowest BCUT2D eigenvalue weighted by Crippen LogP contribution is -2.53. The average Bonchev–Trinajstić information content (AvgIpc) is 3.47. The highest BCUT2D eigenvalue weighted by molar-refractivity contribution is 6.07. The molecule has 0 bridgehead atoms. The number of amides is 4. The summed E-state index contributed by atoms with van der Waals surface area (Å²) in [6.45, 7) is 5.27. The number of anilines is 1. The number of para-hydroxylation sites is 1. The van der Waals surface area contributed by atoms with Crippen LogP contribution in [-0.2, 0) is 9.59 Å². The molecule has 3 aliphatic heterocycles. The molecule has 3 heterocycles. The van der Waals surface area contributed by atoms with Crippen LogP contribution in [0, 0.1) is 0 Å². The summed E-state index contributed by atoms with van der Waals surface area (Å²) < 4.78 is 0. The number of hydrogen-bond donors (Lipinski definition) is 1. The number of urea groups is 1. The van der Waals surface area contributed by atoms with Crippen molar-refractivity contribution >= 4 is 23.5 Å². The lowest BCUT2D eigenvalue weighted by molar-refractivity contribution is -0.131. The van der Waals surface area contributed by atoms with E-state index in [0.29, 0.717) is 13.1 Å². The number of rotatable bonds is 5. The summed E-state index contributed by atoms with van der Waals surface area (Å²) in [6, 6.07) is 9.60. The van der Waals surface area contributed by atoms with Crippen LogP contribution in [0.3, 0.4) is 0 Å². The van der Waals surface area contributed by atoms with E-state index in [1.807, 2.05) is 35.2 Å². The Bertz CT molecular complexity index is 846. The van der Waals surface area contributed by atoms with Crippen molar-refractivity contribution < 1.29 is 14.4 Å². The molecule has 8 nitrogen and oxygen atoms in total. The first-order valence-electron chi connectivity index (χ1n) is 11.5. The second kappa shape index (κ2) is 8.24. The summed E-state index contributed by atoms with van der Waals surface area (Å²) >= 11 is 0. The summed E-state index contributed by atoms with van der Waals surface area (Å²) in [6.07, 6.45) is 4.40. The van der Waals surface area contributed by atoms with Gasteiger partial charge in [-0.2, -0.15) is 0 Å². The summed E-state index contributed by atoms with van der Waals surface area (Å²) in [5.41, 5.74) is 0.353. The normalized spacial score (nSPS) is 27.0. The zero-order valence-electron chi connectivity index (χ0n) is 18.0. The second-order valence-electron chi connectivity index (χ2n) is 9.18. The molecule has 4 fully saturated rings. The van der Waals surface area contributed by atoms with E-state index in [1.165, 1.54) is 4.90 Å². The van der Waals surface area contributed by atoms with Gasteiger partial charge in [-0.3, -0.25) is 24.3 Å². The minimum absolute atomic E-state index is 0.0359. The van der Waals surface area contributed by atoms with Gasteiger partial charge in [0.1, 0.15) is 5.54 Å². The molecule has 1 saturated carbocycles. The molecule has 1 N–H and O–H groups in total. The number of piperazine rings is 1. The predicted molar refractivity (Wildman–Crippen MR) is 117 cm³/mol. The molecule has 0 aromatic heterocycles. The Hall–Kier alpha value is -2.45. The lowest BCUT2D eigenvalue weighted by Gasteiger charge is -2.37. The van der Waals surface area contributed by atoms with Gasteiger partial charge in [0.25, 0.3) is 5.91 Å². The smallest absolute Gasteiger partial charge is 0.323 e. The quantitative estimate of drug-likeness (QED) is 0.719. The molecule has 1 spiro atoms. The van der Waals surface area contributed by atoms with E-state index in [9.17, 15) is 14.4 Å². The first kappa shape index (κ1) is 20.5. The van der Waals surface area contributed by atoms with Crippen LogP contribution in [0.25, 0.3) is 0 Å². The molecule has 4 amide bonds. The van der Waals surface area contributed by atoms with Crippen molar-refractivity contribution in [1.29, 1.82) is 0 Å². The van der Waals surface area contributed by atoms with E-state index in [1.54, 1.807) is 0 Å². The number of carbonyl (C=O) groups is 3. The van der Waals surface area contributed by atoms with Gasteiger partial charge in [-0.1, -0.05) is 31.0 Å². The number of carbonyl (C=O) groups excluding carboxylic acids is 3. The van der Waals surface area contributed by atoms with Gasteiger partial charge in [-0.15, -0.1) is 0 Å². The Labute approximate surface area is 183 Å². The lowest BCUT2D eigenvalue weighted by atomic mass is 9.98. The largest absolute Gasteiger partial charge is 0.325 e. The van der Waals surface area contributed by atoms with Crippen molar-refractivity contribution in [3.8, 4) is 0 Å². The zero-order chi connectivity index (χ0) is 21.4. The fourth-order valence-electron chi connectivity index (χ4n) is 5.60. The van der Waals surface area contributed by atoms with E-state index >= 15 is 0 Å². The Kier molecular flexibility index (Phi) is 5.44. The third kappa shape index (κ3) is 3.72. The van der Waals surface area contributed by atoms with Crippen LogP contribution in [0.15, 0.2) is 30.3 Å². The van der Waals surface area contributed by atoms with Crippen molar-refractivity contribution in [1.82, 2.24) is 20.0 Å². The fourth-order valence-corrected chi connectivity index (χ4v) is 5.60. The molecule has 31 heavy (non-hydrogen) atoms. The second-order valence-corrected chi connectivity index (χ2v) is 9.18. The maximum atomic E-state index is 13.0. The first-order valence-corrected chi connectivity index (χ1v) is 11.5. The molecule has 1 atom stereocenters. The van der Waals surface area contributed by atoms with Gasteiger partial charge in [0.05, 0.1) is 6.04 Å². The Morgan fingerprint density at radius 1 is 0.903 bits per heavy atom. The Balaban J connectivity index is 1.11. The van der Waals surface area contributed by atoms with Crippen LogP contribution in [0.2, 0.25) is 0 Å². The van der Waals surface area contributed by atoms with Gasteiger partial charge >= 0.3 is 6.03 Å². The van der Waals surface area contributed by atoms with Crippen molar-refractivity contribution in [2.45, 2.75) is 43.7 Å². The summed E-state index contributed by atoms with van der Waals surface area (Å²) in [5, 5.41) is 2.95. The van der Waals surface area contributed by atoms with Crippen LogP contribution in [0.1, 0.15) is 32.1 Å². The molecule has 0 radical (unpaired) electrons. The van der Waals surface area contributed by atoms with E-state index in [4.69, 9.17) is 0 Å². The van der Waals surface area contributed by atoms with Gasteiger partial charge in [0.2, 0.25) is 5.91 Å². The molecular formula is C23H31N5O3. The predicted octanol–water partition coefficient (Wildman–Crippen LogP) is 1.27. The number of nitrogens with one attached hydrogen (secondary N) is 1. The molecule has 1 aliphatic carbocycles. The third-order valence-corrected chi connectivity index (χ3v) is 7.44. The third-order valence-electron chi connectivity index (χ3n) is 7.44. The number of imide groups is 1. The van der Waals surface area contributed by atoms with Gasteiger partial charge in [0, 0.05) is 51.5 Å². The maximum absolute atomic E-state index is 13.0. The molecule has 5 rings (SSSR count). The first-order chi connectivity index (χ1) is 15.1. The van der Waals surface area contributed by atoms with Crippen LogP contribution in [0.4, 0.5) is 10.5 Å². The molecule has 1 aromatic carbocycles. The Morgan fingerprint density at radius 3 is 2.32 bits per heavy atom.